The standard InChI is InChI=1S/C19H25N5O2/c1-20-17(14-11-21-24(2)12-14)19(26)23-16-9-7-13(8-10-16)18(25)22-15-5-3-4-6-15/h7-12,15,17,20H,3-6H2,1-2H3,(H,22,25)(H,23,26). The van der Waals surface area contributed by atoms with Crippen LogP contribution < -0.4 is 16.0 Å². The van der Waals surface area contributed by atoms with Crippen molar-refractivity contribution < 1.29 is 9.59 Å². The Morgan fingerprint density at radius 2 is 1.88 bits per heavy atom. The van der Waals surface area contributed by atoms with Crippen LogP contribution in [0.2, 0.25) is 0 Å². The van der Waals surface area contributed by atoms with Gasteiger partial charge in [-0.1, -0.05) is 12.8 Å². The molecule has 0 aliphatic heterocycles. The summed E-state index contributed by atoms with van der Waals surface area (Å²) in [6.07, 6.45) is 7.94. The molecule has 138 valence electrons. The Morgan fingerprint density at radius 1 is 1.19 bits per heavy atom. The molecule has 0 bridgehead atoms. The molecule has 1 heterocycles. The Labute approximate surface area is 153 Å². The number of hydrogen-bond acceptors (Lipinski definition) is 4. The topological polar surface area (TPSA) is 88.1 Å². The second-order valence-electron chi connectivity index (χ2n) is 6.69. The highest BCUT2D eigenvalue weighted by Gasteiger charge is 2.21. The SMILES string of the molecule is CNC(C(=O)Nc1ccc(C(=O)NC2CCCC2)cc1)c1cnn(C)c1. The lowest BCUT2D eigenvalue weighted by molar-refractivity contribution is -0.118. The van der Waals surface area contributed by atoms with E-state index < -0.39 is 6.04 Å². The van der Waals surface area contributed by atoms with Gasteiger partial charge in [0.2, 0.25) is 5.91 Å². The molecule has 1 saturated carbocycles. The minimum atomic E-state index is -0.492. The number of aryl methyl sites for hydroxylation is 1. The van der Waals surface area contributed by atoms with Crippen molar-refractivity contribution in [3.63, 3.8) is 0 Å². The predicted octanol–water partition coefficient (Wildman–Crippen LogP) is 1.99. The van der Waals surface area contributed by atoms with Crippen molar-refractivity contribution in [1.29, 1.82) is 0 Å². The van der Waals surface area contributed by atoms with Gasteiger partial charge < -0.3 is 16.0 Å². The first-order valence-corrected chi connectivity index (χ1v) is 8.94. The molecule has 0 spiro atoms. The molecule has 1 aromatic heterocycles. The normalized spacial score (nSPS) is 15.6. The van der Waals surface area contributed by atoms with E-state index in [9.17, 15) is 9.59 Å². The van der Waals surface area contributed by atoms with Gasteiger partial charge in [0.25, 0.3) is 5.91 Å². The number of carbonyl (C=O) groups excluding carboxylic acids is 2. The Kier molecular flexibility index (Phi) is 5.68. The van der Waals surface area contributed by atoms with Crippen molar-refractivity contribution in [3.8, 4) is 0 Å². The number of nitrogens with zero attached hydrogens (tertiary/aromatic N) is 2. The Morgan fingerprint density at radius 3 is 2.46 bits per heavy atom. The van der Waals surface area contributed by atoms with E-state index in [0.717, 1.165) is 18.4 Å². The lowest BCUT2D eigenvalue weighted by Gasteiger charge is -2.15. The van der Waals surface area contributed by atoms with Gasteiger partial charge in [0.1, 0.15) is 6.04 Å². The van der Waals surface area contributed by atoms with Crippen molar-refractivity contribution in [2.24, 2.45) is 7.05 Å². The lowest BCUT2D eigenvalue weighted by atomic mass is 10.1. The van der Waals surface area contributed by atoms with Crippen molar-refractivity contribution in [1.82, 2.24) is 20.4 Å². The van der Waals surface area contributed by atoms with Crippen LogP contribution in [0.1, 0.15) is 47.6 Å². The van der Waals surface area contributed by atoms with Crippen molar-refractivity contribution >= 4 is 17.5 Å². The number of hydrogen-bond donors (Lipinski definition) is 3. The first-order chi connectivity index (χ1) is 12.6. The molecular formula is C19H25N5O2. The van der Waals surface area contributed by atoms with E-state index in [4.69, 9.17) is 0 Å². The van der Waals surface area contributed by atoms with E-state index in [-0.39, 0.29) is 17.9 Å². The Bertz CT molecular complexity index is 762. The summed E-state index contributed by atoms with van der Waals surface area (Å²) in [4.78, 5) is 24.8. The second kappa shape index (κ2) is 8.14. The van der Waals surface area contributed by atoms with Crippen LogP contribution in [0.15, 0.2) is 36.7 Å². The molecule has 7 nitrogen and oxygen atoms in total. The maximum absolute atomic E-state index is 12.5. The molecule has 1 aromatic carbocycles. The highest BCUT2D eigenvalue weighted by molar-refractivity contribution is 5.97. The number of likely N-dealkylation sites (N-methyl/N-ethyl adjacent to an activating group) is 1. The van der Waals surface area contributed by atoms with E-state index in [0.29, 0.717) is 11.3 Å². The molecule has 2 aromatic rings. The smallest absolute Gasteiger partial charge is 0.251 e. The molecule has 1 fully saturated rings. The van der Waals surface area contributed by atoms with E-state index in [1.165, 1.54) is 12.8 Å². The monoisotopic (exact) mass is 355 g/mol. The molecular weight excluding hydrogens is 330 g/mol. The summed E-state index contributed by atoms with van der Waals surface area (Å²) in [6, 6.07) is 6.76. The number of aromatic nitrogens is 2. The number of anilines is 1. The van der Waals surface area contributed by atoms with Gasteiger partial charge in [-0.3, -0.25) is 14.3 Å². The van der Waals surface area contributed by atoms with Crippen LogP contribution >= 0.6 is 0 Å². The maximum atomic E-state index is 12.5. The molecule has 3 rings (SSSR count). The minimum Gasteiger partial charge on any atom is -0.349 e. The molecule has 2 amide bonds. The quantitative estimate of drug-likeness (QED) is 0.739. The maximum Gasteiger partial charge on any atom is 0.251 e. The van der Waals surface area contributed by atoms with Gasteiger partial charge in [-0.2, -0.15) is 5.10 Å². The first kappa shape index (κ1) is 18.1. The molecule has 26 heavy (non-hydrogen) atoms. The van der Waals surface area contributed by atoms with Crippen LogP contribution in [0.25, 0.3) is 0 Å². The third kappa shape index (κ3) is 4.29. The molecule has 7 heteroatoms. The summed E-state index contributed by atoms with van der Waals surface area (Å²) in [5.74, 6) is -0.234. The van der Waals surface area contributed by atoms with Crippen LogP contribution in [-0.2, 0) is 11.8 Å². The largest absolute Gasteiger partial charge is 0.349 e. The fraction of sp³-hybridized carbons (Fsp3) is 0.421. The second-order valence-corrected chi connectivity index (χ2v) is 6.69. The summed E-state index contributed by atoms with van der Waals surface area (Å²) < 4.78 is 1.66. The van der Waals surface area contributed by atoms with Gasteiger partial charge in [0.05, 0.1) is 6.20 Å². The van der Waals surface area contributed by atoms with Crippen LogP contribution in [0.3, 0.4) is 0 Å². The van der Waals surface area contributed by atoms with Gasteiger partial charge in [-0.25, -0.2) is 0 Å². The predicted molar refractivity (Wildman–Crippen MR) is 99.8 cm³/mol. The summed E-state index contributed by atoms with van der Waals surface area (Å²) in [5.41, 5.74) is 2.05. The molecule has 1 aliphatic carbocycles. The highest BCUT2D eigenvalue weighted by Crippen LogP contribution is 2.19. The summed E-state index contributed by atoms with van der Waals surface area (Å²) >= 11 is 0. The van der Waals surface area contributed by atoms with Crippen molar-refractivity contribution in [2.45, 2.75) is 37.8 Å². The summed E-state index contributed by atoms with van der Waals surface area (Å²) in [7, 11) is 3.54. The van der Waals surface area contributed by atoms with E-state index in [1.54, 1.807) is 48.4 Å². The molecule has 1 aliphatic rings. The third-order valence-corrected chi connectivity index (χ3v) is 4.71. The lowest BCUT2D eigenvalue weighted by Crippen LogP contribution is -2.32. The number of benzene rings is 1. The highest BCUT2D eigenvalue weighted by atomic mass is 16.2. The number of carbonyl (C=O) groups is 2. The zero-order valence-electron chi connectivity index (χ0n) is 15.2. The van der Waals surface area contributed by atoms with Crippen molar-refractivity contribution in [3.05, 3.63) is 47.8 Å². The fourth-order valence-corrected chi connectivity index (χ4v) is 3.30. The van der Waals surface area contributed by atoms with E-state index in [2.05, 4.69) is 21.0 Å². The minimum absolute atomic E-state index is 0.0572. The number of rotatable bonds is 6. The average molecular weight is 355 g/mol. The third-order valence-electron chi connectivity index (χ3n) is 4.71. The number of amides is 2. The van der Waals surface area contributed by atoms with Crippen molar-refractivity contribution in [2.75, 3.05) is 12.4 Å². The van der Waals surface area contributed by atoms with E-state index in [1.807, 2.05) is 7.05 Å². The molecule has 1 atom stereocenters. The Balaban J connectivity index is 1.61. The van der Waals surface area contributed by atoms with Gasteiger partial charge in [-0.15, -0.1) is 0 Å². The van der Waals surface area contributed by atoms with Crippen LogP contribution in [0, 0.1) is 0 Å². The number of nitrogens with one attached hydrogen (secondary N) is 3. The van der Waals surface area contributed by atoms with Gasteiger partial charge in [0.15, 0.2) is 0 Å². The van der Waals surface area contributed by atoms with E-state index >= 15 is 0 Å². The molecule has 1 unspecified atom stereocenters. The van der Waals surface area contributed by atoms with Gasteiger partial charge >= 0.3 is 0 Å². The van der Waals surface area contributed by atoms with Crippen LogP contribution in [0.4, 0.5) is 5.69 Å². The average Bonchev–Trinajstić information content (AvgIpc) is 3.28. The zero-order valence-corrected chi connectivity index (χ0v) is 15.2. The molecule has 3 N–H and O–H groups in total. The van der Waals surface area contributed by atoms with Crippen LogP contribution in [0.5, 0.6) is 0 Å². The Hall–Kier alpha value is -2.67. The van der Waals surface area contributed by atoms with Crippen LogP contribution in [-0.4, -0.2) is 34.7 Å². The summed E-state index contributed by atoms with van der Waals surface area (Å²) in [6.45, 7) is 0. The molecule has 0 saturated heterocycles. The fourth-order valence-electron chi connectivity index (χ4n) is 3.30. The van der Waals surface area contributed by atoms with Gasteiger partial charge in [-0.05, 0) is 44.2 Å². The first-order valence-electron chi connectivity index (χ1n) is 8.94. The summed E-state index contributed by atoms with van der Waals surface area (Å²) in [5, 5.41) is 13.0. The van der Waals surface area contributed by atoms with Gasteiger partial charge in [0, 0.05) is 36.1 Å². The molecule has 0 radical (unpaired) electrons. The zero-order chi connectivity index (χ0) is 18.5.